The van der Waals surface area contributed by atoms with Crippen molar-refractivity contribution in [2.45, 2.75) is 25.7 Å². The van der Waals surface area contributed by atoms with Gasteiger partial charge in [-0.3, -0.25) is 0 Å². The number of benzene rings is 8. The molecule has 0 saturated heterocycles. The standard InChI is InChI=1S/C56H34N8O8.Cu/c65-45(66)13-25-1-5-29-17-37-41(21-33(29)9-25)53-57-49(37)61-54-42-22-34-10-26(14-46(67)68)2-6-30(34)18-38(42)51(58-54)63-56-44-24-36-12-28(16-48(71)72)4-8-32(36)20-40(44)52(60-56)64-55-43-23-35-11-27(15-47(69)70)3-7-31(35)19-39(43)50(59-55)62-53;/h1-12,17-24H,13-16H2,(H6,57,58,59,60,61,62,63,64,65,66,67,68,69,70,71,72);/q;+2/p-6. The molecule has 73 heavy (non-hydrogen) atoms. The van der Waals surface area contributed by atoms with Gasteiger partial charge >= 0.3 is 17.1 Å². The first-order chi connectivity index (χ1) is 34.8. The number of rotatable bonds is 8. The van der Waals surface area contributed by atoms with Crippen LogP contribution < -0.4 is 30.4 Å². The molecule has 16 nitrogen and oxygen atoms in total. The van der Waals surface area contributed by atoms with E-state index < -0.39 is 23.9 Å². The monoisotopic (exact) mass is 1000 g/mol. The Morgan fingerprint density at radius 2 is 0.548 bits per heavy atom. The molecule has 0 spiro atoms. The van der Waals surface area contributed by atoms with Crippen molar-refractivity contribution in [1.29, 1.82) is 0 Å². The molecule has 17 heteroatoms. The number of carbonyl (C=O) groups is 4. The first kappa shape index (κ1) is 44.7. The summed E-state index contributed by atoms with van der Waals surface area (Å²) in [4.78, 5) is 87.3. The van der Waals surface area contributed by atoms with Gasteiger partial charge in [0.15, 0.2) is 0 Å². The van der Waals surface area contributed by atoms with Crippen LogP contribution in [0.3, 0.4) is 0 Å². The van der Waals surface area contributed by atoms with Crippen LogP contribution in [0.4, 0.5) is 0 Å². The summed E-state index contributed by atoms with van der Waals surface area (Å²) in [6.45, 7) is 0. The third-order valence-electron chi connectivity index (χ3n) is 13.2. The number of carbonyl (C=O) groups excluding carboxylic acids is 4. The second-order valence-corrected chi connectivity index (χ2v) is 18.0. The summed E-state index contributed by atoms with van der Waals surface area (Å²) in [5, 5.41) is 54.9. The van der Waals surface area contributed by atoms with Gasteiger partial charge in [-0.15, -0.1) is 0 Å². The first-order valence-corrected chi connectivity index (χ1v) is 22.6. The zero-order valence-electron chi connectivity index (χ0n) is 37.5. The van der Waals surface area contributed by atoms with Gasteiger partial charge in [0.25, 0.3) is 0 Å². The van der Waals surface area contributed by atoms with Gasteiger partial charge in [-0.1, -0.05) is 72.8 Å². The maximum Gasteiger partial charge on any atom is 2.00 e. The van der Waals surface area contributed by atoms with Crippen molar-refractivity contribution in [3.05, 3.63) is 144 Å². The largest absolute Gasteiger partial charge is 2.00 e. The van der Waals surface area contributed by atoms with Crippen LogP contribution in [0.25, 0.3) is 133 Å². The topological polar surface area (TPSA) is 266 Å². The molecule has 0 amide bonds. The molecule has 11 aromatic rings. The molecular formula is C56H28CuN8O8-4. The van der Waals surface area contributed by atoms with Crippen molar-refractivity contribution in [2.24, 2.45) is 0 Å². The zero-order valence-corrected chi connectivity index (χ0v) is 38.5. The Morgan fingerprint density at radius 3 is 0.822 bits per heavy atom. The SMILES string of the molecule is O=C([O-])Cc1ccc2cc3c(cc2c1)-c1nc-3nc2[n-]c(nc3nc(nc4[n-]c(n1)c1cc5ccc(CC(=O)[O-])cc5cc41)-c1cc4ccc(CC(=O)[O-])cc4cc1-3)c1cc3ccc(CC(=O)[O-])cc3cc21.[Cu+2]. The fourth-order valence-electron chi connectivity index (χ4n) is 9.94. The minimum Gasteiger partial charge on any atom is -0.550 e. The number of carboxylic acid groups (broad SMARTS) is 4. The summed E-state index contributed by atoms with van der Waals surface area (Å²) in [5.74, 6) is -3.84. The molecule has 2 aliphatic heterocycles. The van der Waals surface area contributed by atoms with Crippen molar-refractivity contribution in [3.63, 3.8) is 0 Å². The Kier molecular flexibility index (Phi) is 10.3. The Labute approximate surface area is 420 Å². The maximum absolute atomic E-state index is 11.6. The van der Waals surface area contributed by atoms with Gasteiger partial charge in [0, 0.05) is 94.4 Å². The molecule has 0 fully saturated rings. The van der Waals surface area contributed by atoms with Gasteiger partial charge in [-0.25, -0.2) is 9.97 Å². The van der Waals surface area contributed by atoms with Crippen LogP contribution in [-0.4, -0.2) is 53.8 Å². The van der Waals surface area contributed by atoms with Gasteiger partial charge in [0.1, 0.15) is 0 Å². The maximum atomic E-state index is 11.6. The van der Waals surface area contributed by atoms with Crippen molar-refractivity contribution in [3.8, 4) is 45.6 Å². The summed E-state index contributed by atoms with van der Waals surface area (Å²) in [7, 11) is 0. The molecule has 8 aromatic carbocycles. The first-order valence-electron chi connectivity index (χ1n) is 22.6. The van der Waals surface area contributed by atoms with Crippen molar-refractivity contribution in [1.82, 2.24) is 39.9 Å². The number of aromatic nitrogens is 8. The third-order valence-corrected chi connectivity index (χ3v) is 13.2. The molecule has 0 aliphatic carbocycles. The molecule has 2 aliphatic rings. The quantitative estimate of drug-likeness (QED) is 0.195. The fourth-order valence-corrected chi connectivity index (χ4v) is 9.94. The Balaban J connectivity index is 0.00000543. The van der Waals surface area contributed by atoms with Gasteiger partial charge in [0.05, 0.1) is 23.3 Å². The van der Waals surface area contributed by atoms with E-state index in [1.54, 1.807) is 48.5 Å². The van der Waals surface area contributed by atoms with E-state index in [0.717, 1.165) is 43.1 Å². The summed E-state index contributed by atoms with van der Waals surface area (Å²) in [6, 6.07) is 36.4. The van der Waals surface area contributed by atoms with E-state index in [0.29, 0.717) is 66.1 Å². The molecule has 3 aromatic heterocycles. The van der Waals surface area contributed by atoms with E-state index in [4.69, 9.17) is 39.9 Å². The Bertz CT molecular complexity index is 4230. The van der Waals surface area contributed by atoms with Crippen LogP contribution >= 0.6 is 0 Å². The Hall–Kier alpha value is -9.44. The average molecular weight is 1000 g/mol. The van der Waals surface area contributed by atoms with Crippen molar-refractivity contribution < 1.29 is 56.7 Å². The summed E-state index contributed by atoms with van der Waals surface area (Å²) >= 11 is 0. The van der Waals surface area contributed by atoms with E-state index in [1.807, 2.05) is 72.8 Å². The van der Waals surface area contributed by atoms with Crippen LogP contribution in [0, 0.1) is 0 Å². The molecular weight excluding hydrogens is 976 g/mol. The molecule has 0 atom stereocenters. The van der Waals surface area contributed by atoms with Crippen LogP contribution in [0.15, 0.2) is 121 Å². The second-order valence-electron chi connectivity index (χ2n) is 18.0. The predicted octanol–water partition coefficient (Wildman–Crippen LogP) is 3.91. The molecule has 0 unspecified atom stereocenters. The van der Waals surface area contributed by atoms with Crippen molar-refractivity contribution in [2.75, 3.05) is 0 Å². The van der Waals surface area contributed by atoms with Crippen LogP contribution in [-0.2, 0) is 61.9 Å². The number of hydrogen-bond acceptors (Lipinski definition) is 14. The molecule has 8 bridgehead atoms. The summed E-state index contributed by atoms with van der Waals surface area (Å²) in [6.07, 6.45) is -1.14. The minimum absolute atomic E-state index is 0. The van der Waals surface area contributed by atoms with E-state index in [9.17, 15) is 39.6 Å². The van der Waals surface area contributed by atoms with Crippen LogP contribution in [0.5, 0.6) is 0 Å². The second kappa shape index (κ2) is 16.9. The van der Waals surface area contributed by atoms with E-state index >= 15 is 0 Å². The smallest absolute Gasteiger partial charge is 0.550 e. The molecule has 13 rings (SSSR count). The molecule has 5 heterocycles. The number of hydrogen-bond donors (Lipinski definition) is 0. The molecule has 1 radical (unpaired) electrons. The van der Waals surface area contributed by atoms with E-state index in [2.05, 4.69) is 0 Å². The minimum atomic E-state index is -1.22. The number of aliphatic carboxylic acids is 4. The number of nitrogens with zero attached hydrogens (tertiary/aromatic N) is 8. The number of carboxylic acids is 4. The normalized spacial score (nSPS) is 11.8. The van der Waals surface area contributed by atoms with Crippen LogP contribution in [0.2, 0.25) is 0 Å². The molecule has 0 N–H and O–H groups in total. The number of fused-ring (bicyclic) bond motifs is 24. The third kappa shape index (κ3) is 7.89. The zero-order chi connectivity index (χ0) is 49.1. The molecule has 0 saturated carbocycles. The Morgan fingerprint density at radius 1 is 0.315 bits per heavy atom. The van der Waals surface area contributed by atoms with Gasteiger partial charge < -0.3 is 69.5 Å². The van der Waals surface area contributed by atoms with E-state index in [-0.39, 0.29) is 88.6 Å². The molecule has 355 valence electrons. The fraction of sp³-hybridized carbons (Fsp3) is 0.0714. The summed E-state index contributed by atoms with van der Waals surface area (Å²) < 4.78 is 0. The predicted molar refractivity (Wildman–Crippen MR) is 259 cm³/mol. The van der Waals surface area contributed by atoms with Crippen LogP contribution in [0.1, 0.15) is 22.3 Å². The van der Waals surface area contributed by atoms with Gasteiger partial charge in [-0.2, -0.15) is 0 Å². The van der Waals surface area contributed by atoms with Gasteiger partial charge in [0.2, 0.25) is 0 Å². The summed E-state index contributed by atoms with van der Waals surface area (Å²) in [5.41, 5.74) is 5.58. The van der Waals surface area contributed by atoms with Crippen molar-refractivity contribution >= 4 is 111 Å². The van der Waals surface area contributed by atoms with Gasteiger partial charge in [-0.05, 0) is 135 Å². The average Bonchev–Trinajstić information content (AvgIpc) is 4.05. The van der Waals surface area contributed by atoms with E-state index in [1.165, 1.54) is 0 Å².